The molecule has 2 aliphatic rings. The average molecular weight is 316 g/mol. The highest BCUT2D eigenvalue weighted by Crippen LogP contribution is 2.31. The second-order valence-corrected chi connectivity index (χ2v) is 7.23. The van der Waals surface area contributed by atoms with Crippen LogP contribution in [0.3, 0.4) is 0 Å². The smallest absolute Gasteiger partial charge is 0.356 e. The van der Waals surface area contributed by atoms with Crippen LogP contribution in [0.4, 0.5) is 0 Å². The molecule has 4 nitrogen and oxygen atoms in total. The molecule has 0 N–H and O–H groups in total. The minimum atomic E-state index is -0.284. The Hall–Kier alpha value is -1.42. The number of rotatable bonds is 4. The summed E-state index contributed by atoms with van der Waals surface area (Å²) in [6.07, 6.45) is 8.06. The Morgan fingerprint density at radius 3 is 2.83 bits per heavy atom. The van der Waals surface area contributed by atoms with Gasteiger partial charge in [-0.1, -0.05) is 26.3 Å². The van der Waals surface area contributed by atoms with E-state index in [4.69, 9.17) is 4.74 Å². The summed E-state index contributed by atoms with van der Waals surface area (Å²) in [6.45, 7) is 7.20. The predicted molar refractivity (Wildman–Crippen MR) is 90.5 cm³/mol. The van der Waals surface area contributed by atoms with Crippen LogP contribution in [0.5, 0.6) is 0 Å². The van der Waals surface area contributed by atoms with Crippen molar-refractivity contribution in [2.24, 2.45) is 5.92 Å². The zero-order valence-electron chi connectivity index (χ0n) is 14.3. The van der Waals surface area contributed by atoms with Gasteiger partial charge in [-0.2, -0.15) is 0 Å². The van der Waals surface area contributed by atoms with E-state index >= 15 is 0 Å². The minimum absolute atomic E-state index is 0.284. The second-order valence-electron chi connectivity index (χ2n) is 7.23. The highest BCUT2D eigenvalue weighted by atomic mass is 16.5. The average Bonchev–Trinajstić information content (AvgIpc) is 2.59. The molecule has 0 aromatic carbocycles. The van der Waals surface area contributed by atoms with Crippen LogP contribution in [0.1, 0.15) is 67.9 Å². The molecule has 0 bridgehead atoms. The molecule has 3 rings (SSSR count). The number of ether oxygens (including phenoxy) is 1. The Morgan fingerprint density at radius 1 is 1.26 bits per heavy atom. The monoisotopic (exact) mass is 316 g/mol. The van der Waals surface area contributed by atoms with Crippen molar-refractivity contribution in [3.8, 4) is 0 Å². The molecule has 23 heavy (non-hydrogen) atoms. The maximum Gasteiger partial charge on any atom is 0.356 e. The van der Waals surface area contributed by atoms with Gasteiger partial charge in [-0.15, -0.1) is 0 Å². The van der Waals surface area contributed by atoms with Gasteiger partial charge in [0.2, 0.25) is 0 Å². The van der Waals surface area contributed by atoms with Gasteiger partial charge in [-0.3, -0.25) is 4.90 Å². The molecule has 2 unspecified atom stereocenters. The number of aromatic nitrogens is 1. The van der Waals surface area contributed by atoms with Crippen LogP contribution in [-0.4, -0.2) is 41.6 Å². The molecule has 0 radical (unpaired) electrons. The quantitative estimate of drug-likeness (QED) is 0.796. The van der Waals surface area contributed by atoms with Crippen LogP contribution in [0.25, 0.3) is 0 Å². The van der Waals surface area contributed by atoms with Gasteiger partial charge in [0.15, 0.2) is 0 Å². The molecule has 0 amide bonds. The summed E-state index contributed by atoms with van der Waals surface area (Å²) in [5.74, 6) is 0.628. The second kappa shape index (κ2) is 7.43. The van der Waals surface area contributed by atoms with Gasteiger partial charge in [-0.25, -0.2) is 9.78 Å². The Balaban J connectivity index is 1.55. The van der Waals surface area contributed by atoms with Crippen molar-refractivity contribution in [3.05, 3.63) is 29.6 Å². The Bertz CT molecular complexity index is 525. The largest absolute Gasteiger partial charge is 0.461 e. The van der Waals surface area contributed by atoms with Gasteiger partial charge in [0.1, 0.15) is 5.69 Å². The number of pyridine rings is 1. The minimum Gasteiger partial charge on any atom is -0.461 e. The lowest BCUT2D eigenvalue weighted by Gasteiger charge is -2.44. The summed E-state index contributed by atoms with van der Waals surface area (Å²) in [7, 11) is 0. The van der Waals surface area contributed by atoms with Gasteiger partial charge in [0, 0.05) is 18.2 Å². The SMILES string of the molecule is CC(C)c1ccc(C(=O)OCC2CCCN3CCCCC23)nc1. The Kier molecular flexibility index (Phi) is 5.31. The molecule has 1 aromatic rings. The zero-order chi connectivity index (χ0) is 16.2. The highest BCUT2D eigenvalue weighted by Gasteiger charge is 2.33. The lowest BCUT2D eigenvalue weighted by Crippen LogP contribution is -2.49. The van der Waals surface area contributed by atoms with Crippen LogP contribution in [-0.2, 0) is 4.74 Å². The van der Waals surface area contributed by atoms with Crippen LogP contribution < -0.4 is 0 Å². The van der Waals surface area contributed by atoms with E-state index in [2.05, 4.69) is 23.7 Å². The lowest BCUT2D eigenvalue weighted by molar-refractivity contribution is 0.00702. The topological polar surface area (TPSA) is 42.4 Å². The third kappa shape index (κ3) is 3.92. The number of nitrogens with zero attached hydrogens (tertiary/aromatic N) is 2. The molecule has 4 heteroatoms. The van der Waals surface area contributed by atoms with Gasteiger partial charge < -0.3 is 4.74 Å². The van der Waals surface area contributed by atoms with Gasteiger partial charge in [-0.05, 0) is 56.3 Å². The van der Waals surface area contributed by atoms with E-state index in [1.165, 1.54) is 45.2 Å². The van der Waals surface area contributed by atoms with Crippen LogP contribution >= 0.6 is 0 Å². The number of fused-ring (bicyclic) bond motifs is 1. The fraction of sp³-hybridized carbons (Fsp3) is 0.684. The van der Waals surface area contributed by atoms with Crippen molar-refractivity contribution in [2.75, 3.05) is 19.7 Å². The molecule has 0 aliphatic carbocycles. The van der Waals surface area contributed by atoms with E-state index in [-0.39, 0.29) is 5.97 Å². The standard InChI is InChI=1S/C19H28N2O2/c1-14(2)15-8-9-17(20-12-15)19(22)23-13-16-6-5-11-21-10-4-3-7-18(16)21/h8-9,12,14,16,18H,3-7,10-11,13H2,1-2H3. The molecule has 0 spiro atoms. The summed E-state index contributed by atoms with van der Waals surface area (Å²) in [5, 5.41) is 0. The molecule has 2 aliphatic heterocycles. The van der Waals surface area contributed by atoms with Crippen molar-refractivity contribution in [2.45, 2.75) is 57.9 Å². The maximum atomic E-state index is 12.2. The van der Waals surface area contributed by atoms with E-state index in [0.29, 0.717) is 30.2 Å². The Morgan fingerprint density at radius 2 is 2.09 bits per heavy atom. The molecular weight excluding hydrogens is 288 g/mol. The summed E-state index contributed by atoms with van der Waals surface area (Å²) >= 11 is 0. The highest BCUT2D eigenvalue weighted by molar-refractivity contribution is 5.87. The van der Waals surface area contributed by atoms with E-state index in [1.807, 2.05) is 6.07 Å². The maximum absolute atomic E-state index is 12.2. The molecule has 2 atom stereocenters. The molecular formula is C19H28N2O2. The lowest BCUT2D eigenvalue weighted by atomic mass is 9.84. The number of carbonyl (C=O) groups excluding carboxylic acids is 1. The predicted octanol–water partition coefficient (Wildman–Crippen LogP) is 3.63. The van der Waals surface area contributed by atoms with Gasteiger partial charge >= 0.3 is 5.97 Å². The van der Waals surface area contributed by atoms with Crippen molar-refractivity contribution in [1.82, 2.24) is 9.88 Å². The van der Waals surface area contributed by atoms with Crippen molar-refractivity contribution in [3.63, 3.8) is 0 Å². The van der Waals surface area contributed by atoms with E-state index < -0.39 is 0 Å². The van der Waals surface area contributed by atoms with Crippen LogP contribution in [0.2, 0.25) is 0 Å². The molecule has 126 valence electrons. The van der Waals surface area contributed by atoms with Crippen LogP contribution in [0.15, 0.2) is 18.3 Å². The number of carbonyl (C=O) groups is 1. The molecule has 2 fully saturated rings. The van der Waals surface area contributed by atoms with E-state index in [9.17, 15) is 4.79 Å². The number of piperidine rings is 2. The van der Waals surface area contributed by atoms with E-state index in [0.717, 1.165) is 5.56 Å². The fourth-order valence-corrected chi connectivity index (χ4v) is 3.90. The Labute approximate surface area is 139 Å². The van der Waals surface area contributed by atoms with Crippen molar-refractivity contribution in [1.29, 1.82) is 0 Å². The van der Waals surface area contributed by atoms with Crippen LogP contribution in [0, 0.1) is 5.92 Å². The molecule has 3 heterocycles. The first kappa shape index (κ1) is 16.4. The number of hydrogen-bond acceptors (Lipinski definition) is 4. The molecule has 1 aromatic heterocycles. The van der Waals surface area contributed by atoms with Crippen molar-refractivity contribution < 1.29 is 9.53 Å². The third-order valence-electron chi connectivity index (χ3n) is 5.32. The summed E-state index contributed by atoms with van der Waals surface area (Å²) < 4.78 is 5.59. The first-order valence-electron chi connectivity index (χ1n) is 9.02. The summed E-state index contributed by atoms with van der Waals surface area (Å²) in [6, 6.07) is 4.37. The summed E-state index contributed by atoms with van der Waals surface area (Å²) in [4.78, 5) is 19.1. The van der Waals surface area contributed by atoms with Gasteiger partial charge in [0.25, 0.3) is 0 Å². The zero-order valence-corrected chi connectivity index (χ0v) is 14.3. The summed E-state index contributed by atoms with van der Waals surface area (Å²) in [5.41, 5.74) is 1.57. The third-order valence-corrected chi connectivity index (χ3v) is 5.32. The first-order chi connectivity index (χ1) is 11.1. The fourth-order valence-electron chi connectivity index (χ4n) is 3.90. The molecule has 0 saturated carbocycles. The molecule has 2 saturated heterocycles. The normalized spacial score (nSPS) is 25.2. The van der Waals surface area contributed by atoms with Gasteiger partial charge in [0.05, 0.1) is 6.61 Å². The first-order valence-corrected chi connectivity index (χ1v) is 9.02. The number of esters is 1. The number of hydrogen-bond donors (Lipinski definition) is 0. The van der Waals surface area contributed by atoms with E-state index in [1.54, 1.807) is 12.3 Å². The van der Waals surface area contributed by atoms with Crippen molar-refractivity contribution >= 4 is 5.97 Å².